The summed E-state index contributed by atoms with van der Waals surface area (Å²) >= 11 is 0. The molecular formula is C21H22FN7O. The average molecular weight is 407 g/mol. The number of rotatable bonds is 0. The summed E-state index contributed by atoms with van der Waals surface area (Å²) in [6, 6.07) is 8.62. The lowest BCUT2D eigenvalue weighted by Crippen LogP contribution is -2.37. The molecule has 4 rings (SSSR count). The number of halogens is 1. The highest BCUT2D eigenvalue weighted by molar-refractivity contribution is 5.81. The molecule has 1 unspecified atom stereocenters. The van der Waals surface area contributed by atoms with Gasteiger partial charge in [0.15, 0.2) is 17.4 Å². The lowest BCUT2D eigenvalue weighted by atomic mass is 10.0. The Bertz CT molecular complexity index is 1170. The largest absolute Gasteiger partial charge is 0.482 e. The van der Waals surface area contributed by atoms with Crippen LogP contribution >= 0.6 is 0 Å². The van der Waals surface area contributed by atoms with Gasteiger partial charge < -0.3 is 10.5 Å². The maximum absolute atomic E-state index is 14.0. The number of ether oxygens (including phenoxy) is 1. The van der Waals surface area contributed by atoms with E-state index in [1.54, 1.807) is 25.4 Å². The lowest BCUT2D eigenvalue weighted by molar-refractivity contribution is 0.222. The number of hydrogen-bond donors (Lipinski definition) is 1. The summed E-state index contributed by atoms with van der Waals surface area (Å²) in [7, 11) is 5.49. The van der Waals surface area contributed by atoms with E-state index in [-0.39, 0.29) is 11.6 Å². The summed E-state index contributed by atoms with van der Waals surface area (Å²) in [5.74, 6) is 0.838. The fraction of sp³-hybridized carbons (Fsp3) is 0.286. The van der Waals surface area contributed by atoms with E-state index >= 15 is 0 Å². The first-order valence-corrected chi connectivity index (χ1v) is 9.43. The van der Waals surface area contributed by atoms with Gasteiger partial charge in [0.05, 0.1) is 5.56 Å². The van der Waals surface area contributed by atoms with Gasteiger partial charge in [0.1, 0.15) is 23.7 Å². The topological polar surface area (TPSA) is 96.2 Å². The van der Waals surface area contributed by atoms with Crippen LogP contribution in [0.5, 0.6) is 5.75 Å². The third-order valence-corrected chi connectivity index (χ3v) is 5.37. The Hall–Kier alpha value is -3.64. The quantitative estimate of drug-likeness (QED) is 0.612. The molecule has 0 amide bonds. The van der Waals surface area contributed by atoms with Crippen molar-refractivity contribution in [1.29, 1.82) is 5.26 Å². The highest BCUT2D eigenvalue weighted by atomic mass is 19.1. The predicted molar refractivity (Wildman–Crippen MR) is 111 cm³/mol. The summed E-state index contributed by atoms with van der Waals surface area (Å²) in [6.07, 6.45) is 1.14. The van der Waals surface area contributed by atoms with E-state index in [1.165, 1.54) is 16.8 Å². The number of fused-ring (bicyclic) bond motifs is 5. The van der Waals surface area contributed by atoms with Gasteiger partial charge in [-0.25, -0.2) is 14.4 Å². The fourth-order valence-corrected chi connectivity index (χ4v) is 3.67. The Morgan fingerprint density at radius 1 is 1.27 bits per heavy atom. The number of nitriles is 1. The second-order valence-electron chi connectivity index (χ2n) is 7.33. The Kier molecular flexibility index (Phi) is 4.79. The van der Waals surface area contributed by atoms with Gasteiger partial charge in [0.2, 0.25) is 0 Å². The van der Waals surface area contributed by atoms with Crippen molar-refractivity contribution < 1.29 is 9.13 Å². The molecular weight excluding hydrogens is 385 g/mol. The second-order valence-corrected chi connectivity index (χ2v) is 7.33. The van der Waals surface area contributed by atoms with E-state index in [9.17, 15) is 9.65 Å². The smallest absolute Gasteiger partial charge is 0.174 e. The van der Waals surface area contributed by atoms with Crippen LogP contribution in [0.4, 0.5) is 16.0 Å². The van der Waals surface area contributed by atoms with Gasteiger partial charge in [0, 0.05) is 39.4 Å². The van der Waals surface area contributed by atoms with Gasteiger partial charge in [-0.05, 0) is 36.2 Å². The van der Waals surface area contributed by atoms with Crippen LogP contribution in [0.2, 0.25) is 0 Å². The van der Waals surface area contributed by atoms with Gasteiger partial charge in [-0.15, -0.1) is 0 Å². The SMILES string of the molecule is CC1Oc2cc(cnc2N)-c2c(nn(C)c2C#N)N(C)N(C)Cc2ccc(F)cc21. The van der Waals surface area contributed by atoms with Crippen LogP contribution in [-0.2, 0) is 13.6 Å². The lowest BCUT2D eigenvalue weighted by Gasteiger charge is -2.31. The molecule has 3 aromatic rings. The molecule has 9 heteroatoms. The number of hydrazine groups is 1. The number of nitrogens with zero attached hydrogens (tertiary/aromatic N) is 6. The van der Waals surface area contributed by atoms with E-state index in [0.29, 0.717) is 34.9 Å². The molecule has 0 saturated carbocycles. The van der Waals surface area contributed by atoms with E-state index in [4.69, 9.17) is 10.5 Å². The molecule has 0 saturated heterocycles. The van der Waals surface area contributed by atoms with Crippen molar-refractivity contribution in [3.63, 3.8) is 0 Å². The zero-order valence-corrected chi connectivity index (χ0v) is 17.2. The molecule has 154 valence electrons. The number of anilines is 2. The zero-order chi connectivity index (χ0) is 21.6. The molecule has 2 N–H and O–H groups in total. The van der Waals surface area contributed by atoms with E-state index in [1.807, 2.05) is 31.0 Å². The fourth-order valence-electron chi connectivity index (χ4n) is 3.67. The van der Waals surface area contributed by atoms with Crippen LogP contribution in [0.25, 0.3) is 11.1 Å². The minimum Gasteiger partial charge on any atom is -0.482 e. The third-order valence-electron chi connectivity index (χ3n) is 5.37. The van der Waals surface area contributed by atoms with Crippen molar-refractivity contribution in [2.45, 2.75) is 19.6 Å². The minimum absolute atomic E-state index is 0.218. The monoisotopic (exact) mass is 407 g/mol. The van der Waals surface area contributed by atoms with Crippen LogP contribution in [0.3, 0.4) is 0 Å². The van der Waals surface area contributed by atoms with E-state index in [2.05, 4.69) is 16.2 Å². The van der Waals surface area contributed by atoms with Crippen molar-refractivity contribution in [2.24, 2.45) is 7.05 Å². The van der Waals surface area contributed by atoms with Gasteiger partial charge in [0.25, 0.3) is 0 Å². The summed E-state index contributed by atoms with van der Waals surface area (Å²) in [6.45, 7) is 2.33. The second kappa shape index (κ2) is 7.31. The molecule has 0 aliphatic carbocycles. The summed E-state index contributed by atoms with van der Waals surface area (Å²) in [4.78, 5) is 4.26. The Morgan fingerprint density at radius 3 is 2.77 bits per heavy atom. The molecule has 2 aromatic heterocycles. The number of pyridine rings is 1. The first kappa shape index (κ1) is 19.7. The Balaban J connectivity index is 1.98. The summed E-state index contributed by atoms with van der Waals surface area (Å²) in [5, 5.41) is 18.1. The van der Waals surface area contributed by atoms with Crippen LogP contribution in [-0.4, -0.2) is 33.9 Å². The van der Waals surface area contributed by atoms with Crippen molar-refractivity contribution >= 4 is 11.6 Å². The first-order valence-electron chi connectivity index (χ1n) is 9.43. The molecule has 1 atom stereocenters. The molecule has 8 nitrogen and oxygen atoms in total. The molecule has 0 radical (unpaired) electrons. The van der Waals surface area contributed by atoms with Crippen LogP contribution in [0.1, 0.15) is 29.8 Å². The van der Waals surface area contributed by atoms with Gasteiger partial charge in [-0.2, -0.15) is 10.4 Å². The van der Waals surface area contributed by atoms with Crippen molar-refractivity contribution in [1.82, 2.24) is 19.8 Å². The molecule has 1 aliphatic heterocycles. The number of hydrogen-bond acceptors (Lipinski definition) is 7. The van der Waals surface area contributed by atoms with E-state index < -0.39 is 6.10 Å². The Labute approximate surface area is 173 Å². The predicted octanol–water partition coefficient (Wildman–Crippen LogP) is 3.01. The minimum atomic E-state index is -0.461. The van der Waals surface area contributed by atoms with Crippen molar-refractivity contribution in [3.8, 4) is 22.9 Å². The number of aromatic nitrogens is 3. The molecule has 3 heterocycles. The molecule has 0 fully saturated rings. The molecule has 30 heavy (non-hydrogen) atoms. The summed E-state index contributed by atoms with van der Waals surface area (Å²) in [5.41, 5.74) is 9.38. The third kappa shape index (κ3) is 3.21. The number of aryl methyl sites for hydroxylation is 1. The maximum atomic E-state index is 14.0. The molecule has 1 aliphatic rings. The maximum Gasteiger partial charge on any atom is 0.174 e. The van der Waals surface area contributed by atoms with Crippen molar-refractivity contribution in [2.75, 3.05) is 24.8 Å². The highest BCUT2D eigenvalue weighted by Gasteiger charge is 2.26. The standard InChI is InChI=1S/C21H22FN7O/c1-12-16-8-15(22)6-5-13(16)11-27(2)29(4)21-19(17(9-23)28(3)26-21)14-7-18(30-12)20(24)25-10-14/h5-8,10,12H,11H2,1-4H3,(H2,24,25). The molecule has 0 spiro atoms. The van der Waals surface area contributed by atoms with Gasteiger partial charge >= 0.3 is 0 Å². The first-order chi connectivity index (χ1) is 14.3. The Morgan fingerprint density at radius 2 is 2.03 bits per heavy atom. The zero-order valence-electron chi connectivity index (χ0n) is 17.2. The number of nitrogens with two attached hydrogens (primary N) is 1. The van der Waals surface area contributed by atoms with E-state index in [0.717, 1.165) is 11.1 Å². The highest BCUT2D eigenvalue weighted by Crippen LogP contribution is 2.38. The van der Waals surface area contributed by atoms with Crippen LogP contribution in [0.15, 0.2) is 30.5 Å². The average Bonchev–Trinajstić information content (AvgIpc) is 3.05. The molecule has 2 bridgehead atoms. The summed E-state index contributed by atoms with van der Waals surface area (Å²) < 4.78 is 21.7. The number of benzene rings is 1. The van der Waals surface area contributed by atoms with Gasteiger partial charge in [-0.1, -0.05) is 6.07 Å². The normalized spacial score (nSPS) is 16.5. The van der Waals surface area contributed by atoms with Crippen LogP contribution in [0, 0.1) is 17.1 Å². The molecule has 1 aromatic carbocycles. The number of nitrogen functional groups attached to an aromatic ring is 1. The van der Waals surface area contributed by atoms with Crippen molar-refractivity contribution in [3.05, 3.63) is 53.1 Å². The van der Waals surface area contributed by atoms with Gasteiger partial charge in [-0.3, -0.25) is 9.69 Å². The van der Waals surface area contributed by atoms with Crippen LogP contribution < -0.4 is 15.5 Å².